The van der Waals surface area contributed by atoms with Gasteiger partial charge >= 0.3 is 0 Å². The first-order valence-corrected chi connectivity index (χ1v) is 10.9. The number of rotatable bonds is 5. The van der Waals surface area contributed by atoms with Crippen LogP contribution in [0.2, 0.25) is 0 Å². The van der Waals surface area contributed by atoms with Crippen LogP contribution in [0.1, 0.15) is 32.6 Å². The predicted molar refractivity (Wildman–Crippen MR) is 133 cm³/mol. The minimum Gasteiger partial charge on any atom is -0.289 e. The molecule has 5 aromatic rings. The van der Waals surface area contributed by atoms with Gasteiger partial charge in [0.05, 0.1) is 5.56 Å². The fraction of sp³-hybridized carbons (Fsp3) is 0.0323. The summed E-state index contributed by atoms with van der Waals surface area (Å²) in [6, 6.07) is 39.6. The highest BCUT2D eigenvalue weighted by Crippen LogP contribution is 2.39. The normalized spacial score (nSPS) is 10.6. The quantitative estimate of drug-likeness (QED) is 0.280. The Morgan fingerprint density at radius 1 is 0.667 bits per heavy atom. The van der Waals surface area contributed by atoms with Crippen molar-refractivity contribution in [3.05, 3.63) is 143 Å². The summed E-state index contributed by atoms with van der Waals surface area (Å²) in [5.74, 6) is -0.0670. The van der Waals surface area contributed by atoms with Gasteiger partial charge in [-0.2, -0.15) is 5.26 Å². The largest absolute Gasteiger partial charge is 0.289 e. The monoisotopic (exact) mass is 423 g/mol. The minimum absolute atomic E-state index is 0.0670. The number of carbonyl (C=O) groups is 1. The van der Waals surface area contributed by atoms with E-state index in [2.05, 4.69) is 18.2 Å². The molecule has 0 aliphatic carbocycles. The topological polar surface area (TPSA) is 40.9 Å². The third kappa shape index (κ3) is 3.82. The molecule has 2 nitrogen and oxygen atoms in total. The van der Waals surface area contributed by atoms with E-state index in [1.54, 1.807) is 0 Å². The standard InChI is InChI=1S/C31H21NO/c32-21-28-26-19-11-10-18-25(26)27(20-22-12-4-1-5-13-22)30(29(28)23-14-6-2-7-15-23)31(33)24-16-8-3-9-17-24/h1-19H,20H2. The van der Waals surface area contributed by atoms with Crippen molar-refractivity contribution in [2.24, 2.45) is 0 Å². The summed E-state index contributed by atoms with van der Waals surface area (Å²) in [5.41, 5.74) is 5.39. The van der Waals surface area contributed by atoms with Gasteiger partial charge < -0.3 is 0 Å². The lowest BCUT2D eigenvalue weighted by atomic mass is 9.81. The van der Waals surface area contributed by atoms with Gasteiger partial charge in [-0.3, -0.25) is 4.79 Å². The van der Waals surface area contributed by atoms with Crippen LogP contribution in [0, 0.1) is 11.3 Å². The molecule has 0 aliphatic rings. The van der Waals surface area contributed by atoms with Crippen LogP contribution in [0.15, 0.2) is 115 Å². The van der Waals surface area contributed by atoms with Gasteiger partial charge in [-0.25, -0.2) is 0 Å². The van der Waals surface area contributed by atoms with E-state index in [9.17, 15) is 10.1 Å². The summed E-state index contributed by atoms with van der Waals surface area (Å²) in [7, 11) is 0. The number of benzene rings is 5. The molecule has 2 heteroatoms. The first-order chi connectivity index (χ1) is 16.3. The Balaban J connectivity index is 1.92. The van der Waals surface area contributed by atoms with E-state index in [-0.39, 0.29) is 5.78 Å². The molecular weight excluding hydrogens is 402 g/mol. The van der Waals surface area contributed by atoms with Gasteiger partial charge in [0.1, 0.15) is 6.07 Å². The molecule has 0 fully saturated rings. The van der Waals surface area contributed by atoms with Crippen molar-refractivity contribution < 1.29 is 4.79 Å². The average Bonchev–Trinajstić information content (AvgIpc) is 2.89. The van der Waals surface area contributed by atoms with Crippen molar-refractivity contribution in [2.75, 3.05) is 0 Å². The zero-order valence-electron chi connectivity index (χ0n) is 18.0. The van der Waals surface area contributed by atoms with Gasteiger partial charge in [0.25, 0.3) is 0 Å². The van der Waals surface area contributed by atoms with Crippen LogP contribution >= 0.6 is 0 Å². The molecule has 0 aromatic heterocycles. The van der Waals surface area contributed by atoms with E-state index in [1.165, 1.54) is 0 Å². The number of hydrogen-bond acceptors (Lipinski definition) is 2. The fourth-order valence-electron chi connectivity index (χ4n) is 4.49. The Morgan fingerprint density at radius 3 is 1.85 bits per heavy atom. The van der Waals surface area contributed by atoms with E-state index in [0.717, 1.165) is 27.5 Å². The molecule has 0 spiro atoms. The highest BCUT2D eigenvalue weighted by Gasteiger charge is 2.25. The number of ketones is 1. The predicted octanol–water partition coefficient (Wildman–Crippen LogP) is 7.20. The van der Waals surface area contributed by atoms with Gasteiger partial charge in [0.2, 0.25) is 0 Å². The van der Waals surface area contributed by atoms with Crippen LogP contribution in [-0.2, 0) is 6.42 Å². The number of fused-ring (bicyclic) bond motifs is 1. The zero-order chi connectivity index (χ0) is 22.6. The molecule has 0 aliphatic heterocycles. The van der Waals surface area contributed by atoms with Crippen LogP contribution in [-0.4, -0.2) is 5.78 Å². The van der Waals surface area contributed by atoms with Crippen LogP contribution < -0.4 is 0 Å². The molecule has 0 bridgehead atoms. The fourth-order valence-corrected chi connectivity index (χ4v) is 4.49. The molecule has 0 saturated carbocycles. The molecule has 0 amide bonds. The Morgan fingerprint density at radius 2 is 1.21 bits per heavy atom. The van der Waals surface area contributed by atoms with Crippen LogP contribution in [0.4, 0.5) is 0 Å². The maximum absolute atomic E-state index is 14.1. The molecule has 0 radical (unpaired) electrons. The summed E-state index contributed by atoms with van der Waals surface area (Å²) in [4.78, 5) is 14.1. The van der Waals surface area contributed by atoms with E-state index < -0.39 is 0 Å². The number of carbonyl (C=O) groups excluding carboxylic acids is 1. The molecule has 0 atom stereocenters. The molecule has 5 rings (SSSR count). The van der Waals surface area contributed by atoms with Gasteiger partial charge in [0, 0.05) is 22.1 Å². The van der Waals surface area contributed by atoms with Crippen LogP contribution in [0.25, 0.3) is 21.9 Å². The van der Waals surface area contributed by atoms with E-state index >= 15 is 0 Å². The van der Waals surface area contributed by atoms with E-state index in [0.29, 0.717) is 28.7 Å². The Hall–Kier alpha value is -4.48. The van der Waals surface area contributed by atoms with Crippen LogP contribution in [0.5, 0.6) is 0 Å². The van der Waals surface area contributed by atoms with Crippen molar-refractivity contribution in [1.29, 1.82) is 5.26 Å². The Kier molecular flexibility index (Phi) is 5.54. The summed E-state index contributed by atoms with van der Waals surface area (Å²) in [6.45, 7) is 0. The van der Waals surface area contributed by atoms with Crippen molar-refractivity contribution >= 4 is 16.6 Å². The first-order valence-electron chi connectivity index (χ1n) is 10.9. The SMILES string of the molecule is N#Cc1c(-c2ccccc2)c(C(=O)c2ccccc2)c(Cc2ccccc2)c2ccccc12. The maximum Gasteiger partial charge on any atom is 0.194 e. The van der Waals surface area contributed by atoms with Crippen LogP contribution in [0.3, 0.4) is 0 Å². The lowest BCUT2D eigenvalue weighted by Gasteiger charge is -2.20. The lowest BCUT2D eigenvalue weighted by molar-refractivity contribution is 0.103. The number of nitriles is 1. The highest BCUT2D eigenvalue weighted by atomic mass is 16.1. The van der Waals surface area contributed by atoms with Crippen molar-refractivity contribution in [1.82, 2.24) is 0 Å². The Labute approximate surface area is 193 Å². The molecule has 0 heterocycles. The third-order valence-electron chi connectivity index (χ3n) is 5.98. The molecule has 33 heavy (non-hydrogen) atoms. The van der Waals surface area contributed by atoms with Crippen molar-refractivity contribution in [3.63, 3.8) is 0 Å². The summed E-state index contributed by atoms with van der Waals surface area (Å²) < 4.78 is 0. The molecule has 0 unspecified atom stereocenters. The molecule has 5 aromatic carbocycles. The van der Waals surface area contributed by atoms with Crippen molar-refractivity contribution in [3.8, 4) is 17.2 Å². The van der Waals surface area contributed by atoms with Gasteiger partial charge in [-0.1, -0.05) is 115 Å². The summed E-state index contributed by atoms with van der Waals surface area (Å²) in [6.07, 6.45) is 0.598. The van der Waals surface area contributed by atoms with Gasteiger partial charge in [0.15, 0.2) is 5.78 Å². The third-order valence-corrected chi connectivity index (χ3v) is 5.98. The minimum atomic E-state index is -0.0670. The van der Waals surface area contributed by atoms with E-state index in [4.69, 9.17) is 0 Å². The molecule has 0 N–H and O–H groups in total. The van der Waals surface area contributed by atoms with Crippen molar-refractivity contribution in [2.45, 2.75) is 6.42 Å². The van der Waals surface area contributed by atoms with E-state index in [1.807, 2.05) is 103 Å². The lowest BCUT2D eigenvalue weighted by Crippen LogP contribution is -2.11. The summed E-state index contributed by atoms with van der Waals surface area (Å²) in [5, 5.41) is 12.1. The Bertz CT molecular complexity index is 1480. The van der Waals surface area contributed by atoms with Gasteiger partial charge in [-0.15, -0.1) is 0 Å². The molecule has 156 valence electrons. The second-order valence-electron chi connectivity index (χ2n) is 7.98. The zero-order valence-corrected chi connectivity index (χ0v) is 18.0. The highest BCUT2D eigenvalue weighted by molar-refractivity contribution is 6.18. The maximum atomic E-state index is 14.1. The second-order valence-corrected chi connectivity index (χ2v) is 7.98. The smallest absolute Gasteiger partial charge is 0.194 e. The average molecular weight is 424 g/mol. The number of nitrogens with zero attached hydrogens (tertiary/aromatic N) is 1. The summed E-state index contributed by atoms with van der Waals surface area (Å²) >= 11 is 0. The second kappa shape index (κ2) is 8.94. The molecular formula is C31H21NO. The van der Waals surface area contributed by atoms with Gasteiger partial charge in [-0.05, 0) is 28.5 Å². The molecule has 0 saturated heterocycles. The number of hydrogen-bond donors (Lipinski definition) is 0. The first kappa shape index (κ1) is 20.4.